The van der Waals surface area contributed by atoms with Crippen molar-refractivity contribution in [3.8, 4) is 0 Å². The fourth-order valence-corrected chi connectivity index (χ4v) is 1.09. The van der Waals surface area contributed by atoms with Gasteiger partial charge in [-0.1, -0.05) is 6.92 Å². The van der Waals surface area contributed by atoms with Crippen molar-refractivity contribution in [3.05, 3.63) is 0 Å². The quantitative estimate of drug-likeness (QED) is 0.744. The number of hydrogen-bond acceptors (Lipinski definition) is 2. The van der Waals surface area contributed by atoms with Gasteiger partial charge in [0, 0.05) is 12.1 Å². The lowest BCUT2D eigenvalue weighted by Gasteiger charge is -2.27. The lowest BCUT2D eigenvalue weighted by Crippen LogP contribution is -2.50. The van der Waals surface area contributed by atoms with Crippen LogP contribution in [-0.4, -0.2) is 40.6 Å². The van der Waals surface area contributed by atoms with E-state index in [1.807, 2.05) is 27.7 Å². The number of aliphatic carboxylic acids is 1. The third-order valence-electron chi connectivity index (χ3n) is 1.59. The highest BCUT2D eigenvalue weighted by Crippen LogP contribution is 2.01. The second-order valence-electron chi connectivity index (χ2n) is 4.50. The third-order valence-corrected chi connectivity index (χ3v) is 1.59. The van der Waals surface area contributed by atoms with Gasteiger partial charge in [-0.25, -0.2) is 4.79 Å². The van der Waals surface area contributed by atoms with E-state index >= 15 is 0 Å². The Bertz CT molecular complexity index is 233. The highest BCUT2D eigenvalue weighted by molar-refractivity contribution is 5.80. The topological polar surface area (TPSA) is 69.6 Å². The van der Waals surface area contributed by atoms with Crippen LogP contribution in [0.4, 0.5) is 4.79 Å². The van der Waals surface area contributed by atoms with Crippen LogP contribution in [0.25, 0.3) is 0 Å². The van der Waals surface area contributed by atoms with Crippen LogP contribution in [-0.2, 0) is 4.79 Å². The molecule has 2 amide bonds. The van der Waals surface area contributed by atoms with E-state index in [9.17, 15) is 9.59 Å². The summed E-state index contributed by atoms with van der Waals surface area (Å²) in [5.74, 6) is -0.993. The van der Waals surface area contributed by atoms with Crippen molar-refractivity contribution >= 4 is 12.0 Å². The SMILES string of the molecule is CCCN(CC(=O)O)C(=O)NC(C)(C)C. The molecule has 5 nitrogen and oxygen atoms in total. The van der Waals surface area contributed by atoms with Crippen LogP contribution in [0.15, 0.2) is 0 Å². The van der Waals surface area contributed by atoms with Crippen molar-refractivity contribution in [1.82, 2.24) is 10.2 Å². The molecule has 2 N–H and O–H groups in total. The second kappa shape index (κ2) is 5.58. The van der Waals surface area contributed by atoms with E-state index < -0.39 is 5.97 Å². The number of amides is 2. The van der Waals surface area contributed by atoms with Gasteiger partial charge in [-0.05, 0) is 27.2 Å². The zero-order valence-electron chi connectivity index (χ0n) is 9.83. The summed E-state index contributed by atoms with van der Waals surface area (Å²) in [6.07, 6.45) is 0.741. The first-order valence-corrected chi connectivity index (χ1v) is 5.05. The molecule has 0 spiro atoms. The van der Waals surface area contributed by atoms with Crippen molar-refractivity contribution < 1.29 is 14.7 Å². The molecular weight excluding hydrogens is 196 g/mol. The molecular formula is C10H20N2O3. The van der Waals surface area contributed by atoms with Gasteiger partial charge >= 0.3 is 12.0 Å². The molecule has 0 fully saturated rings. The van der Waals surface area contributed by atoms with Crippen LogP contribution in [0.2, 0.25) is 0 Å². The zero-order valence-corrected chi connectivity index (χ0v) is 9.83. The van der Waals surface area contributed by atoms with Gasteiger partial charge in [-0.2, -0.15) is 0 Å². The average Bonchev–Trinajstić information content (AvgIpc) is 1.99. The van der Waals surface area contributed by atoms with Crippen LogP contribution < -0.4 is 5.32 Å². The minimum absolute atomic E-state index is 0.254. The molecule has 0 aliphatic heterocycles. The second-order valence-corrected chi connectivity index (χ2v) is 4.50. The van der Waals surface area contributed by atoms with E-state index in [0.717, 1.165) is 6.42 Å². The maximum atomic E-state index is 11.6. The number of nitrogens with one attached hydrogen (secondary N) is 1. The van der Waals surface area contributed by atoms with Gasteiger partial charge in [-0.15, -0.1) is 0 Å². The van der Waals surface area contributed by atoms with Gasteiger partial charge in [0.05, 0.1) is 0 Å². The Morgan fingerprint density at radius 2 is 1.87 bits per heavy atom. The Balaban J connectivity index is 4.35. The summed E-state index contributed by atoms with van der Waals surface area (Å²) in [6, 6.07) is -0.327. The van der Waals surface area contributed by atoms with Crippen molar-refractivity contribution in [1.29, 1.82) is 0 Å². The number of hydrogen-bond donors (Lipinski definition) is 2. The lowest BCUT2D eigenvalue weighted by atomic mass is 10.1. The molecule has 15 heavy (non-hydrogen) atoms. The minimum Gasteiger partial charge on any atom is -0.480 e. The number of urea groups is 1. The van der Waals surface area contributed by atoms with Crippen molar-refractivity contribution in [2.75, 3.05) is 13.1 Å². The van der Waals surface area contributed by atoms with Crippen LogP contribution >= 0.6 is 0 Å². The number of carbonyl (C=O) groups excluding carboxylic acids is 1. The normalized spacial score (nSPS) is 10.9. The van der Waals surface area contributed by atoms with E-state index in [2.05, 4.69) is 5.32 Å². The molecule has 0 bridgehead atoms. The Morgan fingerprint density at radius 1 is 1.33 bits per heavy atom. The summed E-state index contributed by atoms with van der Waals surface area (Å²) in [7, 11) is 0. The summed E-state index contributed by atoms with van der Waals surface area (Å²) in [5.41, 5.74) is -0.346. The Hall–Kier alpha value is -1.26. The summed E-state index contributed by atoms with van der Waals surface area (Å²) in [5, 5.41) is 11.4. The lowest BCUT2D eigenvalue weighted by molar-refractivity contribution is -0.137. The number of carboxylic acids is 1. The molecule has 0 unspecified atom stereocenters. The predicted molar refractivity (Wildman–Crippen MR) is 57.8 cm³/mol. The van der Waals surface area contributed by atoms with Gasteiger partial charge in [0.25, 0.3) is 0 Å². The molecule has 0 aromatic rings. The van der Waals surface area contributed by atoms with Crippen LogP contribution in [0.1, 0.15) is 34.1 Å². The molecule has 88 valence electrons. The van der Waals surface area contributed by atoms with Crippen LogP contribution in [0.5, 0.6) is 0 Å². The Kier molecular flexibility index (Phi) is 5.11. The molecule has 0 aromatic heterocycles. The summed E-state index contributed by atoms with van der Waals surface area (Å²) >= 11 is 0. The predicted octanol–water partition coefficient (Wildman–Crippen LogP) is 1.29. The molecule has 0 atom stereocenters. The van der Waals surface area contributed by atoms with E-state index in [1.54, 1.807) is 0 Å². The molecule has 0 saturated heterocycles. The van der Waals surface area contributed by atoms with E-state index in [-0.39, 0.29) is 18.1 Å². The summed E-state index contributed by atoms with van der Waals surface area (Å²) < 4.78 is 0. The van der Waals surface area contributed by atoms with Gasteiger partial charge in [0.2, 0.25) is 0 Å². The third kappa shape index (κ3) is 6.76. The molecule has 0 heterocycles. The van der Waals surface area contributed by atoms with Crippen molar-refractivity contribution in [2.45, 2.75) is 39.7 Å². The summed E-state index contributed by atoms with van der Waals surface area (Å²) in [6.45, 7) is 7.67. The molecule has 0 rings (SSSR count). The fraction of sp³-hybridized carbons (Fsp3) is 0.800. The molecule has 0 aromatic carbocycles. The highest BCUT2D eigenvalue weighted by atomic mass is 16.4. The molecule has 0 aliphatic rings. The number of carboxylic acid groups (broad SMARTS) is 1. The zero-order chi connectivity index (χ0) is 12.1. The number of carbonyl (C=O) groups is 2. The monoisotopic (exact) mass is 216 g/mol. The standard InChI is InChI=1S/C10H20N2O3/c1-5-6-12(7-8(13)14)9(15)11-10(2,3)4/h5-7H2,1-4H3,(H,11,15)(H,13,14). The van der Waals surface area contributed by atoms with E-state index in [0.29, 0.717) is 6.54 Å². The first-order valence-electron chi connectivity index (χ1n) is 5.05. The van der Waals surface area contributed by atoms with Gasteiger partial charge in [0.15, 0.2) is 0 Å². The maximum Gasteiger partial charge on any atom is 0.323 e. The molecule has 0 radical (unpaired) electrons. The smallest absolute Gasteiger partial charge is 0.323 e. The molecule has 0 saturated carbocycles. The molecule has 0 aliphatic carbocycles. The average molecular weight is 216 g/mol. The van der Waals surface area contributed by atoms with Crippen LogP contribution in [0.3, 0.4) is 0 Å². The van der Waals surface area contributed by atoms with Gasteiger partial charge < -0.3 is 15.3 Å². The number of rotatable bonds is 4. The first kappa shape index (κ1) is 13.7. The van der Waals surface area contributed by atoms with Crippen molar-refractivity contribution in [2.24, 2.45) is 0 Å². The minimum atomic E-state index is -0.993. The van der Waals surface area contributed by atoms with E-state index in [4.69, 9.17) is 5.11 Å². The van der Waals surface area contributed by atoms with Gasteiger partial charge in [0.1, 0.15) is 6.54 Å². The van der Waals surface area contributed by atoms with Gasteiger partial charge in [-0.3, -0.25) is 4.79 Å². The Labute approximate surface area is 90.5 Å². The summed E-state index contributed by atoms with van der Waals surface area (Å²) in [4.78, 5) is 23.5. The van der Waals surface area contributed by atoms with Crippen LogP contribution in [0, 0.1) is 0 Å². The Morgan fingerprint density at radius 3 is 2.20 bits per heavy atom. The first-order chi connectivity index (χ1) is 6.76. The highest BCUT2D eigenvalue weighted by Gasteiger charge is 2.20. The largest absolute Gasteiger partial charge is 0.480 e. The van der Waals surface area contributed by atoms with E-state index in [1.165, 1.54) is 4.90 Å². The van der Waals surface area contributed by atoms with Crippen molar-refractivity contribution in [3.63, 3.8) is 0 Å². The fourth-order valence-electron chi connectivity index (χ4n) is 1.09. The number of nitrogens with zero attached hydrogens (tertiary/aromatic N) is 1. The molecule has 5 heteroatoms. The maximum absolute atomic E-state index is 11.6.